The van der Waals surface area contributed by atoms with Gasteiger partial charge in [0.2, 0.25) is 0 Å². The summed E-state index contributed by atoms with van der Waals surface area (Å²) in [5, 5.41) is 8.85. The Morgan fingerprint density at radius 2 is 1.76 bits per heavy atom. The highest BCUT2D eigenvalue weighted by atomic mass is 16.5. The van der Waals surface area contributed by atoms with E-state index in [1.165, 1.54) is 0 Å². The van der Waals surface area contributed by atoms with E-state index in [2.05, 4.69) is 0 Å². The van der Waals surface area contributed by atoms with Crippen LogP contribution in [0.1, 0.15) is 25.7 Å². The van der Waals surface area contributed by atoms with Gasteiger partial charge >= 0.3 is 5.97 Å². The van der Waals surface area contributed by atoms with E-state index < -0.39 is 5.97 Å². The highest BCUT2D eigenvalue weighted by Gasteiger charge is 2.25. The first-order valence-electron chi connectivity index (χ1n) is 6.15. The normalized spacial score (nSPS) is 24.8. The third kappa shape index (κ3) is 6.00. The Balaban J connectivity index is 1.97. The Morgan fingerprint density at radius 1 is 1.12 bits per heavy atom. The van der Waals surface area contributed by atoms with Gasteiger partial charge in [0.15, 0.2) is 0 Å². The molecule has 0 aromatic heterocycles. The Bertz CT molecular complexity index is 211. The van der Waals surface area contributed by atoms with Gasteiger partial charge in [-0.1, -0.05) is 0 Å². The van der Waals surface area contributed by atoms with Crippen LogP contribution in [0.4, 0.5) is 0 Å². The highest BCUT2D eigenvalue weighted by molar-refractivity contribution is 5.69. The van der Waals surface area contributed by atoms with Gasteiger partial charge < -0.3 is 19.3 Å². The topological polar surface area (TPSA) is 65.0 Å². The summed E-state index contributed by atoms with van der Waals surface area (Å²) in [6.07, 6.45) is 3.34. The van der Waals surface area contributed by atoms with Crippen molar-refractivity contribution in [1.29, 1.82) is 0 Å². The molecule has 5 heteroatoms. The van der Waals surface area contributed by atoms with E-state index in [1.54, 1.807) is 7.11 Å². The maximum Gasteiger partial charge on any atom is 0.306 e. The smallest absolute Gasteiger partial charge is 0.306 e. The number of carboxylic acids is 1. The molecule has 0 spiro atoms. The Kier molecular flexibility index (Phi) is 7.16. The molecule has 0 atom stereocenters. The van der Waals surface area contributed by atoms with Crippen LogP contribution in [-0.4, -0.2) is 50.7 Å². The lowest BCUT2D eigenvalue weighted by atomic mass is 9.87. The second-order valence-electron chi connectivity index (χ2n) is 4.29. The van der Waals surface area contributed by atoms with Crippen LogP contribution in [0.3, 0.4) is 0 Å². The number of carbonyl (C=O) groups is 1. The molecule has 1 N–H and O–H groups in total. The molecule has 1 aliphatic rings. The fraction of sp³-hybridized carbons (Fsp3) is 0.917. The number of hydrogen-bond donors (Lipinski definition) is 1. The van der Waals surface area contributed by atoms with Crippen molar-refractivity contribution in [2.24, 2.45) is 5.92 Å². The van der Waals surface area contributed by atoms with Crippen LogP contribution in [0.15, 0.2) is 0 Å². The van der Waals surface area contributed by atoms with Crippen molar-refractivity contribution in [1.82, 2.24) is 0 Å². The summed E-state index contributed by atoms with van der Waals surface area (Å²) in [4.78, 5) is 10.7. The molecular weight excluding hydrogens is 224 g/mol. The quantitative estimate of drug-likeness (QED) is 0.654. The van der Waals surface area contributed by atoms with Crippen LogP contribution in [-0.2, 0) is 19.0 Å². The summed E-state index contributed by atoms with van der Waals surface area (Å²) in [6.45, 7) is 2.34. The summed E-state index contributed by atoms with van der Waals surface area (Å²) in [5.74, 6) is -0.848. The zero-order valence-electron chi connectivity index (χ0n) is 10.4. The van der Waals surface area contributed by atoms with Crippen LogP contribution in [0.2, 0.25) is 0 Å². The minimum atomic E-state index is -0.675. The SMILES string of the molecule is COCCOCCOC1CCC(C(=O)O)CC1. The molecule has 0 aromatic rings. The lowest BCUT2D eigenvalue weighted by Gasteiger charge is -2.26. The summed E-state index contributed by atoms with van der Waals surface area (Å²) in [6, 6.07) is 0. The monoisotopic (exact) mass is 246 g/mol. The van der Waals surface area contributed by atoms with Crippen LogP contribution < -0.4 is 0 Å². The first kappa shape index (κ1) is 14.4. The van der Waals surface area contributed by atoms with Gasteiger partial charge in [0, 0.05) is 7.11 Å². The summed E-state index contributed by atoms with van der Waals surface area (Å²) < 4.78 is 15.8. The van der Waals surface area contributed by atoms with Gasteiger partial charge in [-0.15, -0.1) is 0 Å². The number of methoxy groups -OCH3 is 1. The predicted molar refractivity (Wildman–Crippen MR) is 62.0 cm³/mol. The molecule has 17 heavy (non-hydrogen) atoms. The number of aliphatic carboxylic acids is 1. The lowest BCUT2D eigenvalue weighted by Crippen LogP contribution is -2.27. The highest BCUT2D eigenvalue weighted by Crippen LogP contribution is 2.26. The molecule has 0 saturated heterocycles. The summed E-state index contributed by atoms with van der Waals surface area (Å²) in [5.41, 5.74) is 0. The molecule has 5 nitrogen and oxygen atoms in total. The fourth-order valence-corrected chi connectivity index (χ4v) is 1.99. The van der Waals surface area contributed by atoms with Crippen molar-refractivity contribution in [3.63, 3.8) is 0 Å². The third-order valence-corrected chi connectivity index (χ3v) is 3.04. The molecule has 0 bridgehead atoms. The van der Waals surface area contributed by atoms with Crippen molar-refractivity contribution in [3.05, 3.63) is 0 Å². The Labute approximate surface area is 102 Å². The number of hydrogen-bond acceptors (Lipinski definition) is 4. The van der Waals surface area contributed by atoms with Crippen LogP contribution >= 0.6 is 0 Å². The fourth-order valence-electron chi connectivity index (χ4n) is 1.99. The number of carboxylic acid groups (broad SMARTS) is 1. The van der Waals surface area contributed by atoms with E-state index in [9.17, 15) is 4.79 Å². The van der Waals surface area contributed by atoms with E-state index >= 15 is 0 Å². The molecule has 1 aliphatic carbocycles. The largest absolute Gasteiger partial charge is 0.481 e. The molecule has 0 unspecified atom stereocenters. The number of ether oxygens (including phenoxy) is 3. The average molecular weight is 246 g/mol. The molecule has 0 radical (unpaired) electrons. The third-order valence-electron chi connectivity index (χ3n) is 3.04. The first-order valence-corrected chi connectivity index (χ1v) is 6.15. The van der Waals surface area contributed by atoms with Crippen molar-refractivity contribution < 1.29 is 24.1 Å². The maximum absolute atomic E-state index is 10.7. The van der Waals surface area contributed by atoms with Gasteiger partial charge in [-0.3, -0.25) is 4.79 Å². The van der Waals surface area contributed by atoms with Gasteiger partial charge in [0.1, 0.15) is 0 Å². The first-order chi connectivity index (χ1) is 8.24. The minimum Gasteiger partial charge on any atom is -0.481 e. The summed E-state index contributed by atoms with van der Waals surface area (Å²) in [7, 11) is 1.64. The molecule has 1 saturated carbocycles. The van der Waals surface area contributed by atoms with E-state index in [1.807, 2.05) is 0 Å². The van der Waals surface area contributed by atoms with E-state index in [4.69, 9.17) is 19.3 Å². The Hall–Kier alpha value is -0.650. The molecule has 0 heterocycles. The number of rotatable bonds is 8. The zero-order valence-corrected chi connectivity index (χ0v) is 10.4. The van der Waals surface area contributed by atoms with E-state index in [0.717, 1.165) is 25.7 Å². The van der Waals surface area contributed by atoms with Gasteiger partial charge in [-0.25, -0.2) is 0 Å². The van der Waals surface area contributed by atoms with Crippen molar-refractivity contribution in [2.75, 3.05) is 33.5 Å². The molecule has 0 amide bonds. The van der Waals surface area contributed by atoms with Gasteiger partial charge in [-0.05, 0) is 25.7 Å². The molecule has 1 rings (SSSR count). The molecule has 100 valence electrons. The van der Waals surface area contributed by atoms with E-state index in [-0.39, 0.29) is 12.0 Å². The molecule has 1 fully saturated rings. The maximum atomic E-state index is 10.7. The average Bonchev–Trinajstić information content (AvgIpc) is 2.34. The van der Waals surface area contributed by atoms with Crippen LogP contribution in [0.5, 0.6) is 0 Å². The van der Waals surface area contributed by atoms with Crippen molar-refractivity contribution >= 4 is 5.97 Å². The minimum absolute atomic E-state index is 0.173. The second kappa shape index (κ2) is 8.44. The molecular formula is C12H22O5. The zero-order chi connectivity index (χ0) is 12.5. The Morgan fingerprint density at radius 3 is 2.35 bits per heavy atom. The standard InChI is InChI=1S/C12H22O5/c1-15-6-7-16-8-9-17-11-4-2-10(3-5-11)12(13)14/h10-11H,2-9H2,1H3,(H,13,14). The van der Waals surface area contributed by atoms with Gasteiger partial charge in [0.25, 0.3) is 0 Å². The predicted octanol–water partition coefficient (Wildman–Crippen LogP) is 1.31. The van der Waals surface area contributed by atoms with Gasteiger partial charge in [-0.2, -0.15) is 0 Å². The van der Waals surface area contributed by atoms with Crippen LogP contribution in [0, 0.1) is 5.92 Å². The van der Waals surface area contributed by atoms with Crippen molar-refractivity contribution in [2.45, 2.75) is 31.8 Å². The second-order valence-corrected chi connectivity index (χ2v) is 4.29. The van der Waals surface area contributed by atoms with Crippen molar-refractivity contribution in [3.8, 4) is 0 Å². The summed E-state index contributed by atoms with van der Waals surface area (Å²) >= 11 is 0. The molecule has 0 aliphatic heterocycles. The molecule has 0 aromatic carbocycles. The lowest BCUT2D eigenvalue weighted by molar-refractivity contribution is -0.143. The van der Waals surface area contributed by atoms with Crippen LogP contribution in [0.25, 0.3) is 0 Å². The van der Waals surface area contributed by atoms with Gasteiger partial charge in [0.05, 0.1) is 38.4 Å². The van der Waals surface area contributed by atoms with E-state index in [0.29, 0.717) is 26.4 Å².